The van der Waals surface area contributed by atoms with E-state index >= 15 is 0 Å². The Morgan fingerprint density at radius 1 is 1.37 bits per heavy atom. The zero-order chi connectivity index (χ0) is 13.4. The van der Waals surface area contributed by atoms with E-state index in [0.717, 1.165) is 17.7 Å². The lowest BCUT2D eigenvalue weighted by molar-refractivity contribution is -0.119. The van der Waals surface area contributed by atoms with Crippen molar-refractivity contribution in [1.29, 1.82) is 0 Å². The monoisotopic (exact) mass is 262 g/mol. The van der Waals surface area contributed by atoms with Crippen molar-refractivity contribution < 1.29 is 9.32 Å². The second kappa shape index (κ2) is 5.06. The Morgan fingerprint density at radius 2 is 2.21 bits per heavy atom. The van der Waals surface area contributed by atoms with Gasteiger partial charge in [0.15, 0.2) is 5.82 Å². The Morgan fingerprint density at radius 3 is 2.84 bits per heavy atom. The molecule has 19 heavy (non-hydrogen) atoms. The van der Waals surface area contributed by atoms with E-state index in [-0.39, 0.29) is 5.78 Å². The van der Waals surface area contributed by atoms with E-state index in [2.05, 4.69) is 10.1 Å². The molecular weight excluding hydrogens is 240 g/mol. The largest absolute Gasteiger partial charge is 0.339 e. The molecule has 1 aromatic heterocycles. The van der Waals surface area contributed by atoms with Crippen LogP contribution in [0.4, 0.5) is 0 Å². The van der Waals surface area contributed by atoms with Gasteiger partial charge in [-0.3, -0.25) is 4.79 Å². The second-order valence-corrected chi connectivity index (χ2v) is 6.64. The zero-order valence-electron chi connectivity index (χ0n) is 11.8. The summed E-state index contributed by atoms with van der Waals surface area (Å²) in [4.78, 5) is 16.2. The highest BCUT2D eigenvalue weighted by Gasteiger charge is 2.42. The molecule has 3 unspecified atom stereocenters. The highest BCUT2D eigenvalue weighted by atomic mass is 16.5. The molecular formula is C15H22N2O2. The molecule has 2 saturated carbocycles. The predicted molar refractivity (Wildman–Crippen MR) is 70.7 cm³/mol. The molecule has 0 aromatic carbocycles. The minimum absolute atomic E-state index is 0.193. The zero-order valence-corrected chi connectivity index (χ0v) is 11.8. The molecule has 1 aromatic rings. The molecule has 4 heteroatoms. The van der Waals surface area contributed by atoms with Crippen molar-refractivity contribution in [3.63, 3.8) is 0 Å². The van der Waals surface area contributed by atoms with Crippen molar-refractivity contribution >= 4 is 5.78 Å². The van der Waals surface area contributed by atoms with E-state index in [9.17, 15) is 4.79 Å². The maximum absolute atomic E-state index is 11.8. The summed E-state index contributed by atoms with van der Waals surface area (Å²) < 4.78 is 5.26. The summed E-state index contributed by atoms with van der Waals surface area (Å²) in [5, 5.41) is 4.11. The Balaban J connectivity index is 1.62. The van der Waals surface area contributed by atoms with Gasteiger partial charge >= 0.3 is 0 Å². The average molecular weight is 262 g/mol. The van der Waals surface area contributed by atoms with Crippen LogP contribution in [-0.2, 0) is 11.2 Å². The summed E-state index contributed by atoms with van der Waals surface area (Å²) in [5.41, 5.74) is 0. The van der Waals surface area contributed by atoms with Crippen LogP contribution in [0.2, 0.25) is 0 Å². The summed E-state index contributed by atoms with van der Waals surface area (Å²) in [7, 11) is 0. The van der Waals surface area contributed by atoms with Crippen molar-refractivity contribution in [2.45, 2.75) is 58.3 Å². The number of carbonyl (C=O) groups is 1. The van der Waals surface area contributed by atoms with E-state index in [1.165, 1.54) is 25.7 Å². The molecule has 0 aliphatic heterocycles. The number of aromatic nitrogens is 2. The standard InChI is InChI=1S/C15H22N2O2/c1-9(2)5-12(18)8-14-16-15(17-19-14)13-7-10-3-4-11(13)6-10/h9-11,13H,3-8H2,1-2H3. The molecule has 2 aliphatic carbocycles. The summed E-state index contributed by atoms with van der Waals surface area (Å²) in [6.07, 6.45) is 6.12. The maximum atomic E-state index is 11.8. The van der Waals surface area contributed by atoms with Gasteiger partial charge in [0.05, 0.1) is 6.42 Å². The number of rotatable bonds is 5. The molecule has 1 heterocycles. The summed E-state index contributed by atoms with van der Waals surface area (Å²) in [6.45, 7) is 4.10. The van der Waals surface area contributed by atoms with Crippen LogP contribution < -0.4 is 0 Å². The number of ketones is 1. The number of Topliss-reactive ketones (excluding diaryl/α,β-unsaturated/α-hetero) is 1. The molecule has 2 fully saturated rings. The highest BCUT2D eigenvalue weighted by molar-refractivity contribution is 5.80. The van der Waals surface area contributed by atoms with Crippen LogP contribution >= 0.6 is 0 Å². The first-order valence-electron chi connectivity index (χ1n) is 7.46. The van der Waals surface area contributed by atoms with Gasteiger partial charge in [-0.2, -0.15) is 4.98 Å². The van der Waals surface area contributed by atoms with E-state index < -0.39 is 0 Å². The van der Waals surface area contributed by atoms with Crippen LogP contribution in [0.5, 0.6) is 0 Å². The van der Waals surface area contributed by atoms with Gasteiger partial charge in [0.1, 0.15) is 5.78 Å². The normalized spacial score (nSPS) is 29.3. The van der Waals surface area contributed by atoms with Crippen molar-refractivity contribution in [2.24, 2.45) is 17.8 Å². The molecule has 104 valence electrons. The first kappa shape index (κ1) is 12.8. The van der Waals surface area contributed by atoms with Crippen LogP contribution in [-0.4, -0.2) is 15.9 Å². The smallest absolute Gasteiger partial charge is 0.234 e. The lowest BCUT2D eigenvalue weighted by atomic mass is 9.88. The van der Waals surface area contributed by atoms with Gasteiger partial charge in [-0.05, 0) is 37.0 Å². The Hall–Kier alpha value is -1.19. The average Bonchev–Trinajstić information content (AvgIpc) is 3.01. The number of carbonyl (C=O) groups excluding carboxylic acids is 1. The van der Waals surface area contributed by atoms with E-state index in [1.54, 1.807) is 0 Å². The summed E-state index contributed by atoms with van der Waals surface area (Å²) >= 11 is 0. The van der Waals surface area contributed by atoms with Gasteiger partial charge in [0.2, 0.25) is 5.89 Å². The molecule has 0 radical (unpaired) electrons. The Bertz CT molecular complexity index is 466. The van der Waals surface area contributed by atoms with E-state index in [4.69, 9.17) is 4.52 Å². The molecule has 0 spiro atoms. The van der Waals surface area contributed by atoms with Crippen molar-refractivity contribution in [1.82, 2.24) is 10.1 Å². The molecule has 2 bridgehead atoms. The van der Waals surface area contributed by atoms with Crippen molar-refractivity contribution in [3.05, 3.63) is 11.7 Å². The molecule has 3 atom stereocenters. The number of hydrogen-bond acceptors (Lipinski definition) is 4. The maximum Gasteiger partial charge on any atom is 0.234 e. The lowest BCUT2D eigenvalue weighted by Crippen LogP contribution is -2.10. The number of hydrogen-bond donors (Lipinski definition) is 0. The SMILES string of the molecule is CC(C)CC(=O)Cc1nc(C2CC3CCC2C3)no1. The fourth-order valence-electron chi connectivity index (χ4n) is 3.75. The van der Waals surface area contributed by atoms with Crippen LogP contribution in [0, 0.1) is 17.8 Å². The summed E-state index contributed by atoms with van der Waals surface area (Å²) in [6, 6.07) is 0. The Labute approximate surface area is 114 Å². The van der Waals surface area contributed by atoms with Gasteiger partial charge < -0.3 is 4.52 Å². The third kappa shape index (κ3) is 2.72. The minimum Gasteiger partial charge on any atom is -0.339 e. The molecule has 0 saturated heterocycles. The summed E-state index contributed by atoms with van der Waals surface area (Å²) in [5.74, 6) is 4.04. The topological polar surface area (TPSA) is 56.0 Å². The van der Waals surface area contributed by atoms with E-state index in [1.807, 2.05) is 13.8 Å². The third-order valence-corrected chi connectivity index (χ3v) is 4.54. The van der Waals surface area contributed by atoms with Crippen LogP contribution in [0.25, 0.3) is 0 Å². The van der Waals surface area contributed by atoms with Gasteiger partial charge in [0.25, 0.3) is 0 Å². The van der Waals surface area contributed by atoms with Crippen molar-refractivity contribution in [3.8, 4) is 0 Å². The number of nitrogens with zero attached hydrogens (tertiary/aromatic N) is 2. The first-order valence-corrected chi connectivity index (χ1v) is 7.46. The van der Waals surface area contributed by atoms with Gasteiger partial charge in [-0.1, -0.05) is 25.4 Å². The number of fused-ring (bicyclic) bond motifs is 2. The minimum atomic E-state index is 0.193. The fraction of sp³-hybridized carbons (Fsp3) is 0.800. The molecule has 2 aliphatic rings. The molecule has 3 rings (SSSR count). The molecule has 4 nitrogen and oxygen atoms in total. The van der Waals surface area contributed by atoms with E-state index in [0.29, 0.717) is 30.6 Å². The predicted octanol–water partition coefficient (Wildman–Crippen LogP) is 3.13. The highest BCUT2D eigenvalue weighted by Crippen LogP contribution is 2.52. The van der Waals surface area contributed by atoms with Gasteiger partial charge in [0, 0.05) is 12.3 Å². The fourth-order valence-corrected chi connectivity index (χ4v) is 3.75. The lowest BCUT2D eigenvalue weighted by Gasteiger charge is -2.17. The van der Waals surface area contributed by atoms with Gasteiger partial charge in [-0.25, -0.2) is 0 Å². The van der Waals surface area contributed by atoms with Crippen molar-refractivity contribution in [2.75, 3.05) is 0 Å². The van der Waals surface area contributed by atoms with Gasteiger partial charge in [-0.15, -0.1) is 0 Å². The molecule has 0 N–H and O–H groups in total. The van der Waals surface area contributed by atoms with Crippen LogP contribution in [0.15, 0.2) is 4.52 Å². The van der Waals surface area contributed by atoms with Crippen LogP contribution in [0.1, 0.15) is 63.6 Å². The quantitative estimate of drug-likeness (QED) is 0.818. The first-order chi connectivity index (χ1) is 9.11. The Kier molecular flexibility index (Phi) is 3.42. The second-order valence-electron chi connectivity index (χ2n) is 6.64. The molecule has 0 amide bonds. The van der Waals surface area contributed by atoms with Crippen LogP contribution in [0.3, 0.4) is 0 Å². The third-order valence-electron chi connectivity index (χ3n) is 4.54.